The first-order chi connectivity index (χ1) is 28.1. The summed E-state index contributed by atoms with van der Waals surface area (Å²) >= 11 is 0. The van der Waals surface area contributed by atoms with Crippen molar-refractivity contribution in [3.63, 3.8) is 0 Å². The molecule has 1 saturated heterocycles. The van der Waals surface area contributed by atoms with Crippen molar-refractivity contribution in [2.45, 2.75) is 101 Å². The maximum absolute atomic E-state index is 13.0. The van der Waals surface area contributed by atoms with Gasteiger partial charge in [-0.1, -0.05) is 43.5 Å². The van der Waals surface area contributed by atoms with E-state index in [0.717, 1.165) is 62.1 Å². The van der Waals surface area contributed by atoms with Crippen LogP contribution in [0.5, 0.6) is 0 Å². The Balaban J connectivity index is 0.995. The van der Waals surface area contributed by atoms with Gasteiger partial charge in [-0.15, -0.1) is 0 Å². The number of anilines is 2. The van der Waals surface area contributed by atoms with E-state index in [1.807, 2.05) is 24.3 Å². The first-order valence-electron chi connectivity index (χ1n) is 20.6. The third kappa shape index (κ3) is 14.5. The van der Waals surface area contributed by atoms with E-state index in [0.29, 0.717) is 55.0 Å². The molecule has 2 aromatic carbocycles. The maximum atomic E-state index is 13.0. The van der Waals surface area contributed by atoms with Crippen LogP contribution >= 0.6 is 0 Å². The summed E-state index contributed by atoms with van der Waals surface area (Å²) < 4.78 is 38.4. The molecule has 2 aliphatic rings. The van der Waals surface area contributed by atoms with E-state index < -0.39 is 23.7 Å². The van der Waals surface area contributed by atoms with E-state index in [1.54, 1.807) is 11.1 Å². The molecule has 0 unspecified atom stereocenters. The van der Waals surface area contributed by atoms with Crippen LogP contribution in [0.25, 0.3) is 10.9 Å². The molecule has 2 amide bonds. The van der Waals surface area contributed by atoms with Gasteiger partial charge < -0.3 is 42.5 Å². The summed E-state index contributed by atoms with van der Waals surface area (Å²) in [5.74, 6) is 0.521. The van der Waals surface area contributed by atoms with Crippen molar-refractivity contribution in [1.29, 1.82) is 5.53 Å². The quantitative estimate of drug-likeness (QED) is 0.0465. The van der Waals surface area contributed by atoms with E-state index in [1.165, 1.54) is 44.2 Å². The third-order valence-corrected chi connectivity index (χ3v) is 10.6. The SMILES string of the molecule is N=N/C(=C\NCCCNCCCNC1CCCCC1)CNc1nc(NC2CCN(C(=O)CC[C@H](N)C(=O)NCc3ccc(C(F)(F)F)cc3)CC2)c2ccccc2n1. The molecule has 1 atom stereocenters. The summed E-state index contributed by atoms with van der Waals surface area (Å²) in [5.41, 5.74) is 14.7. The first kappa shape index (κ1) is 44.2. The Morgan fingerprint density at radius 3 is 2.38 bits per heavy atom. The number of para-hydroxylation sites is 1. The molecule has 14 nitrogen and oxygen atoms in total. The van der Waals surface area contributed by atoms with Gasteiger partial charge in [-0.3, -0.25) is 9.59 Å². The van der Waals surface area contributed by atoms with E-state index in [4.69, 9.17) is 16.2 Å². The largest absolute Gasteiger partial charge is 0.416 e. The summed E-state index contributed by atoms with van der Waals surface area (Å²) in [6, 6.07) is 12.1. The normalized spacial score (nSPS) is 16.2. The fraction of sp³-hybridized carbons (Fsp3) is 0.561. The van der Waals surface area contributed by atoms with Crippen LogP contribution in [-0.2, 0) is 22.3 Å². The Kier molecular flexibility index (Phi) is 17.5. The number of piperidine rings is 1. The number of hydrogen-bond donors (Lipinski definition) is 8. The van der Waals surface area contributed by atoms with Gasteiger partial charge in [0.05, 0.1) is 29.4 Å². The number of aromatic nitrogens is 2. The lowest BCUT2D eigenvalue weighted by atomic mass is 9.95. The summed E-state index contributed by atoms with van der Waals surface area (Å²) in [6.07, 6.45) is 7.73. The highest BCUT2D eigenvalue weighted by molar-refractivity contribution is 5.90. The number of likely N-dealkylation sites (tertiary alicyclic amines) is 1. The summed E-state index contributed by atoms with van der Waals surface area (Å²) in [7, 11) is 0. The van der Waals surface area contributed by atoms with E-state index in [-0.39, 0.29) is 37.9 Å². The van der Waals surface area contributed by atoms with Gasteiger partial charge in [-0.05, 0) is 94.4 Å². The Bertz CT molecular complexity index is 1780. The Hall–Kier alpha value is -4.87. The van der Waals surface area contributed by atoms with Gasteiger partial charge in [-0.2, -0.15) is 23.3 Å². The number of carbonyl (C=O) groups is 2. The van der Waals surface area contributed by atoms with Crippen LogP contribution in [0.3, 0.4) is 0 Å². The number of carbonyl (C=O) groups excluding carboxylic acids is 2. The minimum atomic E-state index is -4.43. The molecule has 58 heavy (non-hydrogen) atoms. The van der Waals surface area contributed by atoms with Gasteiger partial charge in [0.15, 0.2) is 0 Å². The molecule has 1 aliphatic carbocycles. The van der Waals surface area contributed by atoms with Crippen LogP contribution in [0.1, 0.15) is 81.8 Å². The van der Waals surface area contributed by atoms with Crippen molar-refractivity contribution in [3.05, 3.63) is 71.6 Å². The number of amides is 2. The molecule has 0 radical (unpaired) electrons. The smallest absolute Gasteiger partial charge is 0.389 e. The number of hydrogen-bond acceptors (Lipinski definition) is 12. The minimum absolute atomic E-state index is 0.0338. The monoisotopic (exact) mass is 808 g/mol. The average molecular weight is 809 g/mol. The maximum Gasteiger partial charge on any atom is 0.416 e. The molecule has 2 heterocycles. The van der Waals surface area contributed by atoms with Gasteiger partial charge in [0.2, 0.25) is 17.8 Å². The second-order valence-electron chi connectivity index (χ2n) is 15.1. The van der Waals surface area contributed by atoms with Crippen LogP contribution in [-0.4, -0.2) is 90.6 Å². The molecule has 1 saturated carbocycles. The fourth-order valence-electron chi connectivity index (χ4n) is 7.18. The summed E-state index contributed by atoms with van der Waals surface area (Å²) in [6.45, 7) is 5.10. The lowest BCUT2D eigenvalue weighted by Crippen LogP contribution is -2.44. The topological polar surface area (TPSA) is 198 Å². The van der Waals surface area contributed by atoms with Crippen LogP contribution in [0.15, 0.2) is 65.5 Å². The number of nitrogens with zero attached hydrogens (tertiary/aromatic N) is 4. The summed E-state index contributed by atoms with van der Waals surface area (Å²) in [5, 5.41) is 24.4. The molecule has 5 rings (SSSR count). The van der Waals surface area contributed by atoms with Crippen LogP contribution < -0.4 is 37.6 Å². The number of benzene rings is 2. The Labute approximate surface area is 338 Å². The van der Waals surface area contributed by atoms with Crippen LogP contribution in [0.4, 0.5) is 24.9 Å². The van der Waals surface area contributed by atoms with E-state index in [9.17, 15) is 22.8 Å². The van der Waals surface area contributed by atoms with Gasteiger partial charge in [-0.25, -0.2) is 10.5 Å². The zero-order valence-corrected chi connectivity index (χ0v) is 33.2. The second-order valence-corrected chi connectivity index (χ2v) is 15.1. The zero-order chi connectivity index (χ0) is 41.2. The number of alkyl halides is 3. The molecule has 0 bridgehead atoms. The zero-order valence-electron chi connectivity index (χ0n) is 33.2. The average Bonchev–Trinajstić information content (AvgIpc) is 3.24. The first-order valence-corrected chi connectivity index (χ1v) is 20.6. The van der Waals surface area contributed by atoms with Crippen molar-refractivity contribution in [1.82, 2.24) is 36.1 Å². The Morgan fingerprint density at radius 2 is 1.66 bits per heavy atom. The van der Waals surface area contributed by atoms with E-state index in [2.05, 4.69) is 42.0 Å². The standard InChI is InChI=1S/C41H59F3N12O2/c42-41(43,44)30-14-12-29(13-15-30)26-50-39(58)35(45)16-17-37(57)56-24-18-32(19-25-56)52-38-34-10-4-5-11-36(34)53-40(54-38)51-28-33(55-46)27-48-22-6-20-47-21-7-23-49-31-8-2-1-3-9-31/h4-5,10-15,27,31-32,35,46-49H,1-3,6-9,16-26,28,45H2,(H,50,58)(H2,51,52,53,54)/b33-27-,55-46?/t35-/m0/s1. The molecule has 3 aromatic rings. The number of halogens is 3. The van der Waals surface area contributed by atoms with Crippen LogP contribution in [0.2, 0.25) is 0 Å². The van der Waals surface area contributed by atoms with Crippen molar-refractivity contribution < 1.29 is 22.8 Å². The van der Waals surface area contributed by atoms with Crippen molar-refractivity contribution in [2.24, 2.45) is 10.8 Å². The predicted octanol–water partition coefficient (Wildman–Crippen LogP) is 5.64. The number of rotatable bonds is 22. The van der Waals surface area contributed by atoms with Crippen LogP contribution in [0, 0.1) is 5.53 Å². The number of fused-ring (bicyclic) bond motifs is 1. The number of nitrogens with one attached hydrogen (secondary N) is 7. The predicted molar refractivity (Wildman–Crippen MR) is 220 cm³/mol. The molecule has 9 N–H and O–H groups in total. The van der Waals surface area contributed by atoms with Crippen molar-refractivity contribution in [2.75, 3.05) is 56.4 Å². The highest BCUT2D eigenvalue weighted by Crippen LogP contribution is 2.29. The van der Waals surface area contributed by atoms with Gasteiger partial charge >= 0.3 is 6.18 Å². The van der Waals surface area contributed by atoms with Gasteiger partial charge in [0.1, 0.15) is 5.82 Å². The molecule has 2 fully saturated rings. The minimum Gasteiger partial charge on any atom is -0.389 e. The van der Waals surface area contributed by atoms with Crippen molar-refractivity contribution in [3.8, 4) is 0 Å². The van der Waals surface area contributed by atoms with E-state index >= 15 is 0 Å². The summed E-state index contributed by atoms with van der Waals surface area (Å²) in [4.78, 5) is 36.7. The fourth-order valence-corrected chi connectivity index (χ4v) is 7.18. The third-order valence-electron chi connectivity index (χ3n) is 10.6. The molecule has 0 spiro atoms. The highest BCUT2D eigenvalue weighted by atomic mass is 19.4. The molecular weight excluding hydrogens is 750 g/mol. The van der Waals surface area contributed by atoms with Gasteiger partial charge in [0.25, 0.3) is 0 Å². The molecule has 316 valence electrons. The molecular formula is C41H59F3N12O2. The molecule has 17 heteroatoms. The van der Waals surface area contributed by atoms with Gasteiger partial charge in [0, 0.05) is 56.3 Å². The lowest BCUT2D eigenvalue weighted by molar-refractivity contribution is -0.137. The van der Waals surface area contributed by atoms with Crippen molar-refractivity contribution >= 4 is 34.5 Å². The lowest BCUT2D eigenvalue weighted by Gasteiger charge is -2.33. The molecule has 1 aliphatic heterocycles. The second kappa shape index (κ2) is 22.9. The Morgan fingerprint density at radius 1 is 0.931 bits per heavy atom. The molecule has 1 aromatic heterocycles. The highest BCUT2D eigenvalue weighted by Gasteiger charge is 2.30. The number of nitrogens with two attached hydrogens (primary N) is 1.